The summed E-state index contributed by atoms with van der Waals surface area (Å²) in [6.07, 6.45) is 1.26. The van der Waals surface area contributed by atoms with E-state index in [-0.39, 0.29) is 17.0 Å². The van der Waals surface area contributed by atoms with E-state index in [0.717, 1.165) is 0 Å². The number of fused-ring (bicyclic) bond motifs is 1. The van der Waals surface area contributed by atoms with Gasteiger partial charge in [-0.25, -0.2) is 9.31 Å². The largest absolute Gasteiger partial charge is 0.478 e. The highest BCUT2D eigenvalue weighted by atomic mass is 16.4. The fourth-order valence-electron chi connectivity index (χ4n) is 1.65. The average molecular weight is 221 g/mol. The first kappa shape index (κ1) is 10.4. The number of aromatic nitrogens is 3. The van der Waals surface area contributed by atoms with Crippen LogP contribution in [0, 0.1) is 0 Å². The van der Waals surface area contributed by atoms with Crippen LogP contribution < -0.4 is 5.56 Å². The standard InChI is InChI=1S/C10H11N3O3/c1-5(2)7-3-6(10(15)16)8-9(14)11-4-12-13(7)8/h3-5H,1-2H3,(H,15,16)(H,11,12,14). The number of H-pyrrole nitrogens is 1. The molecule has 0 atom stereocenters. The normalized spacial score (nSPS) is 11.2. The SMILES string of the molecule is CC(C)c1cc(C(=O)O)c2c(=O)[nH]cnn12. The molecule has 0 unspecified atom stereocenters. The van der Waals surface area contributed by atoms with Gasteiger partial charge < -0.3 is 10.1 Å². The molecule has 0 saturated heterocycles. The van der Waals surface area contributed by atoms with Gasteiger partial charge in [-0.05, 0) is 12.0 Å². The molecule has 0 bridgehead atoms. The van der Waals surface area contributed by atoms with Crippen LogP contribution >= 0.6 is 0 Å². The van der Waals surface area contributed by atoms with Gasteiger partial charge in [-0.15, -0.1) is 0 Å². The molecule has 0 amide bonds. The minimum Gasteiger partial charge on any atom is -0.478 e. The molecule has 6 heteroatoms. The van der Waals surface area contributed by atoms with Crippen LogP contribution in [0.3, 0.4) is 0 Å². The maximum atomic E-state index is 11.6. The first-order valence-electron chi connectivity index (χ1n) is 4.85. The number of rotatable bonds is 2. The number of carboxylic acids is 1. The fourth-order valence-corrected chi connectivity index (χ4v) is 1.65. The van der Waals surface area contributed by atoms with Gasteiger partial charge in [-0.1, -0.05) is 13.8 Å². The Kier molecular flexibility index (Phi) is 2.26. The molecule has 0 radical (unpaired) electrons. The maximum Gasteiger partial charge on any atom is 0.338 e. The van der Waals surface area contributed by atoms with Crippen molar-refractivity contribution >= 4 is 11.5 Å². The lowest BCUT2D eigenvalue weighted by molar-refractivity contribution is 0.0699. The number of carboxylic acid groups (broad SMARTS) is 1. The predicted octanol–water partition coefficient (Wildman–Crippen LogP) is 0.844. The van der Waals surface area contributed by atoms with Crippen LogP contribution in [0.5, 0.6) is 0 Å². The van der Waals surface area contributed by atoms with Gasteiger partial charge in [-0.3, -0.25) is 4.79 Å². The van der Waals surface area contributed by atoms with Crippen molar-refractivity contribution in [2.24, 2.45) is 0 Å². The van der Waals surface area contributed by atoms with Gasteiger partial charge in [0, 0.05) is 5.69 Å². The van der Waals surface area contributed by atoms with Gasteiger partial charge in [-0.2, -0.15) is 5.10 Å². The van der Waals surface area contributed by atoms with Gasteiger partial charge in [0.25, 0.3) is 5.56 Å². The summed E-state index contributed by atoms with van der Waals surface area (Å²) < 4.78 is 1.38. The van der Waals surface area contributed by atoms with Gasteiger partial charge in [0.15, 0.2) is 0 Å². The van der Waals surface area contributed by atoms with Crippen molar-refractivity contribution in [1.29, 1.82) is 0 Å². The molecule has 0 saturated carbocycles. The smallest absolute Gasteiger partial charge is 0.338 e. The van der Waals surface area contributed by atoms with Crippen molar-refractivity contribution in [3.63, 3.8) is 0 Å². The molecule has 0 aliphatic carbocycles. The van der Waals surface area contributed by atoms with Crippen LogP contribution in [0.4, 0.5) is 0 Å². The van der Waals surface area contributed by atoms with Crippen LogP contribution in [0.1, 0.15) is 35.8 Å². The Morgan fingerprint density at radius 2 is 2.25 bits per heavy atom. The molecule has 2 aromatic rings. The van der Waals surface area contributed by atoms with E-state index < -0.39 is 11.5 Å². The van der Waals surface area contributed by atoms with E-state index in [0.29, 0.717) is 5.69 Å². The minimum atomic E-state index is -1.12. The van der Waals surface area contributed by atoms with Crippen molar-refractivity contribution < 1.29 is 9.90 Å². The second-order valence-electron chi connectivity index (χ2n) is 3.82. The summed E-state index contributed by atoms with van der Waals surface area (Å²) in [4.78, 5) is 24.9. The number of nitrogens with zero attached hydrogens (tertiary/aromatic N) is 2. The van der Waals surface area contributed by atoms with E-state index in [9.17, 15) is 9.59 Å². The molecule has 2 aromatic heterocycles. The average Bonchev–Trinajstić information content (AvgIpc) is 2.58. The predicted molar refractivity (Wildman–Crippen MR) is 56.9 cm³/mol. The molecule has 6 nitrogen and oxygen atoms in total. The summed E-state index contributed by atoms with van der Waals surface area (Å²) in [6, 6.07) is 1.49. The summed E-state index contributed by atoms with van der Waals surface area (Å²) in [5, 5.41) is 13.0. The zero-order chi connectivity index (χ0) is 11.9. The van der Waals surface area contributed by atoms with Crippen molar-refractivity contribution in [2.75, 3.05) is 0 Å². The van der Waals surface area contributed by atoms with Crippen LogP contribution in [-0.2, 0) is 0 Å². The molecule has 2 rings (SSSR count). The lowest BCUT2D eigenvalue weighted by Crippen LogP contribution is -2.14. The van der Waals surface area contributed by atoms with Crippen LogP contribution in [0.25, 0.3) is 5.52 Å². The molecule has 2 N–H and O–H groups in total. The number of nitrogens with one attached hydrogen (secondary N) is 1. The quantitative estimate of drug-likeness (QED) is 0.786. The number of carbonyl (C=O) groups is 1. The van der Waals surface area contributed by atoms with E-state index >= 15 is 0 Å². The van der Waals surface area contributed by atoms with Crippen molar-refractivity contribution in [3.05, 3.63) is 34.0 Å². The molecule has 0 aliphatic rings. The Balaban J connectivity index is 2.93. The number of aromatic carboxylic acids is 1. The highest BCUT2D eigenvalue weighted by Crippen LogP contribution is 2.19. The Bertz CT molecular complexity index is 609. The molecule has 2 heterocycles. The number of hydrogen-bond acceptors (Lipinski definition) is 3. The third kappa shape index (κ3) is 1.39. The van der Waals surface area contributed by atoms with E-state index in [2.05, 4.69) is 10.1 Å². The first-order chi connectivity index (χ1) is 7.52. The summed E-state index contributed by atoms with van der Waals surface area (Å²) in [5.41, 5.74) is 0.328. The third-order valence-corrected chi connectivity index (χ3v) is 2.41. The van der Waals surface area contributed by atoms with Crippen LogP contribution in [0.15, 0.2) is 17.2 Å². The molecular weight excluding hydrogens is 210 g/mol. The molecule has 84 valence electrons. The first-order valence-corrected chi connectivity index (χ1v) is 4.85. The summed E-state index contributed by atoms with van der Waals surface area (Å²) in [6.45, 7) is 3.83. The summed E-state index contributed by atoms with van der Waals surface area (Å²) in [7, 11) is 0. The maximum absolute atomic E-state index is 11.6. The second kappa shape index (κ2) is 3.48. The Hall–Kier alpha value is -2.11. The van der Waals surface area contributed by atoms with Gasteiger partial charge in [0.1, 0.15) is 11.8 Å². The van der Waals surface area contributed by atoms with E-state index in [4.69, 9.17) is 5.11 Å². The fraction of sp³-hybridized carbons (Fsp3) is 0.300. The molecule has 0 spiro atoms. The van der Waals surface area contributed by atoms with Crippen molar-refractivity contribution in [2.45, 2.75) is 19.8 Å². The molecule has 0 aliphatic heterocycles. The Morgan fingerprint density at radius 1 is 1.56 bits per heavy atom. The monoisotopic (exact) mass is 221 g/mol. The second-order valence-corrected chi connectivity index (χ2v) is 3.82. The minimum absolute atomic E-state index is 0.0157. The molecular formula is C10H11N3O3. The van der Waals surface area contributed by atoms with Gasteiger partial charge in [0.2, 0.25) is 0 Å². The van der Waals surface area contributed by atoms with Crippen molar-refractivity contribution in [3.8, 4) is 0 Å². The topological polar surface area (TPSA) is 87.5 Å². The third-order valence-electron chi connectivity index (χ3n) is 2.41. The van der Waals surface area contributed by atoms with E-state index in [1.807, 2.05) is 13.8 Å². The van der Waals surface area contributed by atoms with Crippen LogP contribution in [0.2, 0.25) is 0 Å². The lowest BCUT2D eigenvalue weighted by atomic mass is 10.1. The lowest BCUT2D eigenvalue weighted by Gasteiger charge is -2.02. The van der Waals surface area contributed by atoms with Gasteiger partial charge >= 0.3 is 5.97 Å². The highest BCUT2D eigenvalue weighted by molar-refractivity contribution is 5.96. The molecule has 0 fully saturated rings. The van der Waals surface area contributed by atoms with Gasteiger partial charge in [0.05, 0.1) is 5.56 Å². The van der Waals surface area contributed by atoms with Crippen molar-refractivity contribution in [1.82, 2.24) is 14.6 Å². The molecule has 16 heavy (non-hydrogen) atoms. The zero-order valence-electron chi connectivity index (χ0n) is 8.89. The van der Waals surface area contributed by atoms with E-state index in [1.54, 1.807) is 0 Å². The zero-order valence-corrected chi connectivity index (χ0v) is 8.89. The highest BCUT2D eigenvalue weighted by Gasteiger charge is 2.19. The Labute approximate surface area is 90.5 Å². The summed E-state index contributed by atoms with van der Waals surface area (Å²) in [5.74, 6) is -1.03. The summed E-state index contributed by atoms with van der Waals surface area (Å²) >= 11 is 0. The number of hydrogen-bond donors (Lipinski definition) is 2. The Morgan fingerprint density at radius 3 is 2.81 bits per heavy atom. The van der Waals surface area contributed by atoms with Crippen LogP contribution in [-0.4, -0.2) is 25.7 Å². The molecule has 0 aromatic carbocycles. The number of aromatic amines is 1. The van der Waals surface area contributed by atoms with E-state index in [1.165, 1.54) is 16.9 Å².